The SMILES string of the molecule is CCC(C)(CC)Nc1nccc(C#N)n1. The molecule has 0 saturated carbocycles. The van der Waals surface area contributed by atoms with E-state index in [1.165, 1.54) is 0 Å². The van der Waals surface area contributed by atoms with E-state index in [0.29, 0.717) is 11.6 Å². The Kier molecular flexibility index (Phi) is 3.62. The van der Waals surface area contributed by atoms with Crippen LogP contribution in [-0.2, 0) is 0 Å². The van der Waals surface area contributed by atoms with Gasteiger partial charge in [-0.2, -0.15) is 5.26 Å². The molecule has 4 heteroatoms. The van der Waals surface area contributed by atoms with E-state index in [9.17, 15) is 0 Å². The summed E-state index contributed by atoms with van der Waals surface area (Å²) < 4.78 is 0. The van der Waals surface area contributed by atoms with Gasteiger partial charge in [-0.05, 0) is 25.8 Å². The lowest BCUT2D eigenvalue weighted by Gasteiger charge is -2.28. The van der Waals surface area contributed by atoms with Gasteiger partial charge >= 0.3 is 0 Å². The number of hydrogen-bond donors (Lipinski definition) is 1. The van der Waals surface area contributed by atoms with Crippen LogP contribution in [0.2, 0.25) is 0 Å². The number of nitrogens with zero attached hydrogens (tertiary/aromatic N) is 3. The molecule has 0 aromatic carbocycles. The van der Waals surface area contributed by atoms with Crippen LogP contribution in [0.4, 0.5) is 5.95 Å². The summed E-state index contributed by atoms with van der Waals surface area (Å²) in [6.07, 6.45) is 3.58. The molecule has 0 aliphatic rings. The van der Waals surface area contributed by atoms with E-state index in [4.69, 9.17) is 5.26 Å². The van der Waals surface area contributed by atoms with Gasteiger partial charge in [0.2, 0.25) is 5.95 Å². The Hall–Kier alpha value is -1.63. The maximum atomic E-state index is 8.71. The zero-order chi connectivity index (χ0) is 11.3. The van der Waals surface area contributed by atoms with Crippen LogP contribution in [-0.4, -0.2) is 15.5 Å². The smallest absolute Gasteiger partial charge is 0.224 e. The number of nitrogens with one attached hydrogen (secondary N) is 1. The maximum absolute atomic E-state index is 8.71. The van der Waals surface area contributed by atoms with Crippen LogP contribution in [0.25, 0.3) is 0 Å². The summed E-state index contributed by atoms with van der Waals surface area (Å²) in [4.78, 5) is 8.18. The number of hydrogen-bond acceptors (Lipinski definition) is 4. The van der Waals surface area contributed by atoms with E-state index in [0.717, 1.165) is 12.8 Å². The minimum atomic E-state index is -0.00587. The number of aromatic nitrogens is 2. The quantitative estimate of drug-likeness (QED) is 0.817. The van der Waals surface area contributed by atoms with Crippen molar-refractivity contribution < 1.29 is 0 Å². The molecule has 0 saturated heterocycles. The van der Waals surface area contributed by atoms with Crippen molar-refractivity contribution in [2.24, 2.45) is 0 Å². The molecule has 4 nitrogen and oxygen atoms in total. The summed E-state index contributed by atoms with van der Waals surface area (Å²) in [7, 11) is 0. The summed E-state index contributed by atoms with van der Waals surface area (Å²) in [5.41, 5.74) is 0.385. The van der Waals surface area contributed by atoms with Gasteiger partial charge in [-0.3, -0.25) is 0 Å². The standard InChI is InChI=1S/C11H16N4/c1-4-11(3,5-2)15-10-13-7-6-9(8-12)14-10/h6-7H,4-5H2,1-3H3,(H,13,14,15). The zero-order valence-electron chi connectivity index (χ0n) is 9.41. The highest BCUT2D eigenvalue weighted by molar-refractivity contribution is 5.32. The molecule has 80 valence electrons. The first-order valence-corrected chi connectivity index (χ1v) is 5.15. The molecule has 0 aliphatic heterocycles. The lowest BCUT2D eigenvalue weighted by Crippen LogP contribution is -2.33. The fourth-order valence-electron chi connectivity index (χ4n) is 1.18. The first kappa shape index (κ1) is 11.4. The predicted octanol–water partition coefficient (Wildman–Crippen LogP) is 2.34. The molecule has 15 heavy (non-hydrogen) atoms. The first-order chi connectivity index (χ1) is 7.13. The van der Waals surface area contributed by atoms with Crippen LogP contribution in [0.15, 0.2) is 12.3 Å². The molecule has 0 amide bonds. The Morgan fingerprint density at radius 2 is 2.13 bits per heavy atom. The van der Waals surface area contributed by atoms with Gasteiger partial charge in [0.05, 0.1) is 0 Å². The van der Waals surface area contributed by atoms with E-state index in [2.05, 4.69) is 36.1 Å². The molecule has 1 aromatic rings. The van der Waals surface area contributed by atoms with Gasteiger partial charge in [-0.1, -0.05) is 13.8 Å². The molecular formula is C11H16N4. The second-order valence-electron chi connectivity index (χ2n) is 3.77. The van der Waals surface area contributed by atoms with Crippen molar-refractivity contribution in [3.8, 4) is 6.07 Å². The largest absolute Gasteiger partial charge is 0.349 e. The van der Waals surface area contributed by atoms with Crippen LogP contribution in [0.1, 0.15) is 39.3 Å². The van der Waals surface area contributed by atoms with Crippen LogP contribution in [0, 0.1) is 11.3 Å². The molecule has 0 spiro atoms. The Morgan fingerprint density at radius 1 is 1.47 bits per heavy atom. The van der Waals surface area contributed by atoms with Crippen LogP contribution < -0.4 is 5.32 Å². The second-order valence-corrected chi connectivity index (χ2v) is 3.77. The third-order valence-corrected chi connectivity index (χ3v) is 2.74. The highest BCUT2D eigenvalue weighted by Crippen LogP contribution is 2.18. The molecule has 0 fully saturated rings. The minimum Gasteiger partial charge on any atom is -0.349 e. The Morgan fingerprint density at radius 3 is 2.67 bits per heavy atom. The summed E-state index contributed by atoms with van der Waals surface area (Å²) in [5, 5.41) is 12.0. The molecule has 1 heterocycles. The van der Waals surface area contributed by atoms with E-state index < -0.39 is 0 Å². The number of rotatable bonds is 4. The Balaban J connectivity index is 2.85. The topological polar surface area (TPSA) is 61.6 Å². The van der Waals surface area contributed by atoms with Crippen molar-refractivity contribution in [2.45, 2.75) is 39.2 Å². The van der Waals surface area contributed by atoms with Gasteiger partial charge in [0.25, 0.3) is 0 Å². The third kappa shape index (κ3) is 2.91. The second kappa shape index (κ2) is 4.74. The molecule has 1 aromatic heterocycles. The molecule has 1 N–H and O–H groups in total. The lowest BCUT2D eigenvalue weighted by molar-refractivity contribution is 0.474. The first-order valence-electron chi connectivity index (χ1n) is 5.15. The van der Waals surface area contributed by atoms with Gasteiger partial charge in [0, 0.05) is 11.7 Å². The summed E-state index contributed by atoms with van der Waals surface area (Å²) in [6.45, 7) is 6.35. The summed E-state index contributed by atoms with van der Waals surface area (Å²) in [5.74, 6) is 0.528. The molecule has 1 rings (SSSR count). The lowest BCUT2D eigenvalue weighted by atomic mass is 9.96. The van der Waals surface area contributed by atoms with Gasteiger partial charge in [-0.15, -0.1) is 0 Å². The van der Waals surface area contributed by atoms with Crippen molar-refractivity contribution in [3.63, 3.8) is 0 Å². The average molecular weight is 204 g/mol. The van der Waals surface area contributed by atoms with E-state index in [1.54, 1.807) is 12.3 Å². The van der Waals surface area contributed by atoms with Crippen LogP contribution >= 0.6 is 0 Å². The van der Waals surface area contributed by atoms with Crippen molar-refractivity contribution in [3.05, 3.63) is 18.0 Å². The maximum Gasteiger partial charge on any atom is 0.224 e. The Labute approximate surface area is 90.4 Å². The van der Waals surface area contributed by atoms with Gasteiger partial charge in [0.1, 0.15) is 11.8 Å². The highest BCUT2D eigenvalue weighted by atomic mass is 15.1. The third-order valence-electron chi connectivity index (χ3n) is 2.74. The zero-order valence-corrected chi connectivity index (χ0v) is 9.41. The Bertz CT molecular complexity index is 363. The normalized spacial score (nSPS) is 10.8. The minimum absolute atomic E-state index is 0.00587. The predicted molar refractivity (Wildman–Crippen MR) is 59.4 cm³/mol. The van der Waals surface area contributed by atoms with E-state index in [1.807, 2.05) is 6.07 Å². The molecule has 0 bridgehead atoms. The van der Waals surface area contributed by atoms with Gasteiger partial charge in [-0.25, -0.2) is 9.97 Å². The average Bonchev–Trinajstić information content (AvgIpc) is 2.29. The van der Waals surface area contributed by atoms with Crippen molar-refractivity contribution in [1.29, 1.82) is 5.26 Å². The number of nitriles is 1. The van der Waals surface area contributed by atoms with Crippen molar-refractivity contribution in [2.75, 3.05) is 5.32 Å². The van der Waals surface area contributed by atoms with Crippen LogP contribution in [0.3, 0.4) is 0 Å². The fraction of sp³-hybridized carbons (Fsp3) is 0.545. The fourth-order valence-corrected chi connectivity index (χ4v) is 1.18. The summed E-state index contributed by atoms with van der Waals surface area (Å²) >= 11 is 0. The monoisotopic (exact) mass is 204 g/mol. The summed E-state index contributed by atoms with van der Waals surface area (Å²) in [6, 6.07) is 3.60. The molecule has 0 unspecified atom stereocenters. The van der Waals surface area contributed by atoms with Gasteiger partial charge in [0.15, 0.2) is 0 Å². The van der Waals surface area contributed by atoms with E-state index in [-0.39, 0.29) is 5.54 Å². The molecule has 0 aliphatic carbocycles. The van der Waals surface area contributed by atoms with Crippen molar-refractivity contribution >= 4 is 5.95 Å². The molecule has 0 atom stereocenters. The molecular weight excluding hydrogens is 188 g/mol. The highest BCUT2D eigenvalue weighted by Gasteiger charge is 2.20. The van der Waals surface area contributed by atoms with E-state index >= 15 is 0 Å². The van der Waals surface area contributed by atoms with Crippen LogP contribution in [0.5, 0.6) is 0 Å². The number of anilines is 1. The van der Waals surface area contributed by atoms with Gasteiger partial charge < -0.3 is 5.32 Å². The van der Waals surface area contributed by atoms with Crippen molar-refractivity contribution in [1.82, 2.24) is 9.97 Å². The molecule has 0 radical (unpaired) electrons.